The van der Waals surface area contributed by atoms with E-state index in [-0.39, 0.29) is 5.41 Å². The van der Waals surface area contributed by atoms with Gasteiger partial charge >= 0.3 is 0 Å². The molecule has 0 aliphatic heterocycles. The highest BCUT2D eigenvalue weighted by Crippen LogP contribution is 2.36. The maximum Gasteiger partial charge on any atom is 0.119 e. The number of aryl methyl sites for hydroxylation is 1. The summed E-state index contributed by atoms with van der Waals surface area (Å²) in [5.41, 5.74) is 4.16. The van der Waals surface area contributed by atoms with Gasteiger partial charge in [0.1, 0.15) is 5.75 Å². The zero-order valence-electron chi connectivity index (χ0n) is 14.4. The van der Waals surface area contributed by atoms with Gasteiger partial charge in [0, 0.05) is 25.2 Å². The predicted molar refractivity (Wildman–Crippen MR) is 90.4 cm³/mol. The van der Waals surface area contributed by atoms with Crippen LogP contribution >= 0.6 is 0 Å². The molecule has 0 saturated carbocycles. The second-order valence-electron chi connectivity index (χ2n) is 7.14. The lowest BCUT2D eigenvalue weighted by Crippen LogP contribution is -2.15. The van der Waals surface area contributed by atoms with Crippen molar-refractivity contribution in [1.29, 1.82) is 0 Å². The van der Waals surface area contributed by atoms with E-state index in [4.69, 9.17) is 4.74 Å². The van der Waals surface area contributed by atoms with E-state index in [2.05, 4.69) is 69.7 Å². The van der Waals surface area contributed by atoms with Crippen LogP contribution in [0.1, 0.15) is 31.9 Å². The van der Waals surface area contributed by atoms with Gasteiger partial charge < -0.3 is 14.2 Å². The quantitative estimate of drug-likeness (QED) is 0.855. The Morgan fingerprint density at radius 1 is 1.19 bits per heavy atom. The van der Waals surface area contributed by atoms with Gasteiger partial charge in [-0.3, -0.25) is 0 Å². The Morgan fingerprint density at radius 2 is 1.86 bits per heavy atom. The summed E-state index contributed by atoms with van der Waals surface area (Å²) < 4.78 is 7.79. The van der Waals surface area contributed by atoms with E-state index in [0.29, 0.717) is 0 Å². The molecule has 0 fully saturated rings. The summed E-state index contributed by atoms with van der Waals surface area (Å²) >= 11 is 0. The molecule has 1 aromatic heterocycles. The molecule has 2 aromatic rings. The van der Waals surface area contributed by atoms with E-state index < -0.39 is 0 Å². The molecule has 0 aliphatic rings. The highest BCUT2D eigenvalue weighted by molar-refractivity contribution is 5.89. The number of hydrogen-bond donors (Lipinski definition) is 0. The molecule has 0 spiro atoms. The molecule has 0 amide bonds. The second kappa shape index (κ2) is 5.72. The average molecular weight is 288 g/mol. The van der Waals surface area contributed by atoms with Crippen LogP contribution in [0.4, 0.5) is 0 Å². The normalized spacial score (nSPS) is 12.4. The van der Waals surface area contributed by atoms with Gasteiger partial charge in [-0.2, -0.15) is 0 Å². The summed E-state index contributed by atoms with van der Waals surface area (Å²) in [7, 11) is 8.12. The number of benzene rings is 1. The highest BCUT2D eigenvalue weighted by atomic mass is 16.5. The molecule has 0 unspecified atom stereocenters. The summed E-state index contributed by atoms with van der Waals surface area (Å²) in [6.45, 7) is 7.83. The molecule has 0 saturated heterocycles. The molecule has 1 aromatic carbocycles. The number of aromatic nitrogens is 1. The van der Waals surface area contributed by atoms with Crippen LogP contribution in [-0.4, -0.2) is 37.2 Å². The third-order valence-corrected chi connectivity index (χ3v) is 4.00. The van der Waals surface area contributed by atoms with Crippen molar-refractivity contribution in [2.75, 3.05) is 27.7 Å². The zero-order valence-corrected chi connectivity index (χ0v) is 14.4. The van der Waals surface area contributed by atoms with Gasteiger partial charge in [-0.15, -0.1) is 0 Å². The maximum atomic E-state index is 5.53. The fraction of sp³-hybridized carbons (Fsp3) is 0.556. The van der Waals surface area contributed by atoms with Crippen molar-refractivity contribution >= 4 is 10.9 Å². The Kier molecular flexibility index (Phi) is 4.33. The minimum atomic E-state index is 0.0950. The number of likely N-dealkylation sites (N-methyl/N-ethyl adjacent to an activating group) is 1. The molecule has 0 bridgehead atoms. The lowest BCUT2D eigenvalue weighted by Gasteiger charge is -2.22. The largest absolute Gasteiger partial charge is 0.497 e. The lowest BCUT2D eigenvalue weighted by molar-refractivity contribution is 0.412. The van der Waals surface area contributed by atoms with Crippen LogP contribution in [0.5, 0.6) is 5.75 Å². The van der Waals surface area contributed by atoms with E-state index in [9.17, 15) is 0 Å². The van der Waals surface area contributed by atoms with Gasteiger partial charge in [0.15, 0.2) is 0 Å². The second-order valence-corrected chi connectivity index (χ2v) is 7.14. The van der Waals surface area contributed by atoms with Crippen LogP contribution in [0.2, 0.25) is 0 Å². The van der Waals surface area contributed by atoms with Gasteiger partial charge in [0.05, 0.1) is 12.6 Å². The molecule has 0 aliphatic carbocycles. The van der Waals surface area contributed by atoms with Crippen LogP contribution in [0.15, 0.2) is 18.3 Å². The number of methoxy groups -OCH3 is 1. The van der Waals surface area contributed by atoms with Gasteiger partial charge in [-0.1, -0.05) is 20.8 Å². The standard InChI is InChI=1S/C18H28N2O/c1-18(2,3)16-11-14(21-7)10-15-13(8-9-19(4)5)12-20(6)17(15)16/h10-12H,8-9H2,1-7H3. The molecular weight excluding hydrogens is 260 g/mol. The molecular formula is C18H28N2O. The Morgan fingerprint density at radius 3 is 2.38 bits per heavy atom. The Labute approximate surface area is 128 Å². The van der Waals surface area contributed by atoms with E-state index in [1.54, 1.807) is 7.11 Å². The molecule has 2 rings (SSSR count). The number of nitrogens with zero attached hydrogens (tertiary/aromatic N) is 2. The summed E-state index contributed by atoms with van der Waals surface area (Å²) in [6.07, 6.45) is 3.32. The molecule has 3 nitrogen and oxygen atoms in total. The van der Waals surface area contributed by atoms with Gasteiger partial charge in [-0.25, -0.2) is 0 Å². The van der Waals surface area contributed by atoms with Crippen molar-refractivity contribution in [3.63, 3.8) is 0 Å². The minimum absolute atomic E-state index is 0.0950. The highest BCUT2D eigenvalue weighted by Gasteiger charge is 2.21. The first-order chi connectivity index (χ1) is 9.74. The summed E-state index contributed by atoms with van der Waals surface area (Å²) in [4.78, 5) is 2.23. The van der Waals surface area contributed by atoms with Crippen molar-refractivity contribution in [3.8, 4) is 5.75 Å². The third-order valence-electron chi connectivity index (χ3n) is 4.00. The first kappa shape index (κ1) is 15.9. The van der Waals surface area contributed by atoms with E-state index in [1.165, 1.54) is 22.0 Å². The summed E-state index contributed by atoms with van der Waals surface area (Å²) in [6, 6.07) is 4.35. The first-order valence-electron chi connectivity index (χ1n) is 7.55. The fourth-order valence-corrected chi connectivity index (χ4v) is 2.83. The average Bonchev–Trinajstić information content (AvgIpc) is 2.71. The topological polar surface area (TPSA) is 17.4 Å². The van der Waals surface area contributed by atoms with Crippen LogP contribution < -0.4 is 4.74 Å². The van der Waals surface area contributed by atoms with Gasteiger partial charge in [0.2, 0.25) is 0 Å². The van der Waals surface area contributed by atoms with Crippen molar-refractivity contribution in [2.45, 2.75) is 32.6 Å². The third kappa shape index (κ3) is 3.24. The van der Waals surface area contributed by atoms with E-state index >= 15 is 0 Å². The molecule has 0 N–H and O–H groups in total. The molecule has 116 valence electrons. The Hall–Kier alpha value is -1.48. The predicted octanol–water partition coefficient (Wildman–Crippen LogP) is 3.59. The lowest BCUT2D eigenvalue weighted by atomic mass is 9.85. The van der Waals surface area contributed by atoms with Crippen molar-refractivity contribution < 1.29 is 4.74 Å². The molecule has 21 heavy (non-hydrogen) atoms. The molecule has 0 atom stereocenters. The number of fused-ring (bicyclic) bond motifs is 1. The monoisotopic (exact) mass is 288 g/mol. The van der Waals surface area contributed by atoms with E-state index in [0.717, 1.165) is 18.7 Å². The molecule has 3 heteroatoms. The first-order valence-corrected chi connectivity index (χ1v) is 7.55. The van der Waals surface area contributed by atoms with E-state index in [1.807, 2.05) is 0 Å². The van der Waals surface area contributed by atoms with Crippen LogP contribution in [0.3, 0.4) is 0 Å². The number of ether oxygens (including phenoxy) is 1. The summed E-state index contributed by atoms with van der Waals surface area (Å²) in [5.74, 6) is 0.949. The SMILES string of the molecule is COc1cc(C(C)(C)C)c2c(c1)c(CCN(C)C)cn2C. The van der Waals surface area contributed by atoms with Crippen molar-refractivity contribution in [2.24, 2.45) is 7.05 Å². The van der Waals surface area contributed by atoms with Crippen molar-refractivity contribution in [3.05, 3.63) is 29.5 Å². The summed E-state index contributed by atoms with van der Waals surface area (Å²) in [5, 5.41) is 1.32. The van der Waals surface area contributed by atoms with Crippen LogP contribution in [0, 0.1) is 0 Å². The van der Waals surface area contributed by atoms with Crippen molar-refractivity contribution in [1.82, 2.24) is 9.47 Å². The van der Waals surface area contributed by atoms with Gasteiger partial charge in [0.25, 0.3) is 0 Å². The molecule has 0 radical (unpaired) electrons. The number of rotatable bonds is 4. The maximum absolute atomic E-state index is 5.53. The Balaban J connectivity index is 2.64. The van der Waals surface area contributed by atoms with Crippen LogP contribution in [-0.2, 0) is 18.9 Å². The minimum Gasteiger partial charge on any atom is -0.497 e. The Bertz CT molecular complexity index is 633. The number of hydrogen-bond acceptors (Lipinski definition) is 2. The smallest absolute Gasteiger partial charge is 0.119 e. The fourth-order valence-electron chi connectivity index (χ4n) is 2.83. The van der Waals surface area contributed by atoms with Crippen LogP contribution in [0.25, 0.3) is 10.9 Å². The zero-order chi connectivity index (χ0) is 15.8. The van der Waals surface area contributed by atoms with Gasteiger partial charge in [-0.05, 0) is 49.2 Å². The molecule has 1 heterocycles.